The van der Waals surface area contributed by atoms with Crippen molar-refractivity contribution in [1.82, 2.24) is 15.1 Å². The van der Waals surface area contributed by atoms with Crippen LogP contribution in [0.5, 0.6) is 5.75 Å². The van der Waals surface area contributed by atoms with Crippen LogP contribution in [0.2, 0.25) is 5.02 Å². The third-order valence-corrected chi connectivity index (χ3v) is 6.29. The summed E-state index contributed by atoms with van der Waals surface area (Å²) in [5.74, 6) is 0.742. The molecule has 1 aromatic heterocycles. The van der Waals surface area contributed by atoms with Crippen molar-refractivity contribution in [3.05, 3.63) is 106 Å². The molecule has 3 aromatic carbocycles. The fourth-order valence-electron chi connectivity index (χ4n) is 4.35. The number of rotatable bonds is 7. The molecule has 0 fully saturated rings. The van der Waals surface area contributed by atoms with Crippen molar-refractivity contribution in [3.8, 4) is 17.0 Å². The summed E-state index contributed by atoms with van der Waals surface area (Å²) in [4.78, 5) is 15.1. The topological polar surface area (TPSA) is 58.2 Å². The van der Waals surface area contributed by atoms with E-state index in [-0.39, 0.29) is 11.9 Å². The molecular weight excluding hydrogens is 434 g/mol. The van der Waals surface area contributed by atoms with Crippen LogP contribution in [-0.4, -0.2) is 27.5 Å². The molecule has 1 aliphatic heterocycles. The molecule has 0 spiro atoms. The Morgan fingerprint density at radius 2 is 1.73 bits per heavy atom. The molecule has 1 aliphatic rings. The van der Waals surface area contributed by atoms with Gasteiger partial charge in [-0.1, -0.05) is 79.2 Å². The standard InChI is InChI=1S/C27H24ClN3O2/c1-2-16-31-26(23-24(18-8-4-3-5-9-18)29-30-25(23)27(31)32)19-12-14-21(15-13-19)33-17-20-10-6-7-11-22(20)28/h3-15,26H,2,16-17H2,1H3,(H,29,30). The van der Waals surface area contributed by atoms with Crippen molar-refractivity contribution in [3.63, 3.8) is 0 Å². The van der Waals surface area contributed by atoms with Gasteiger partial charge < -0.3 is 9.64 Å². The summed E-state index contributed by atoms with van der Waals surface area (Å²) in [6.45, 7) is 3.15. The molecule has 1 unspecified atom stereocenters. The van der Waals surface area contributed by atoms with Crippen molar-refractivity contribution in [2.75, 3.05) is 6.54 Å². The summed E-state index contributed by atoms with van der Waals surface area (Å²) in [5.41, 5.74) is 5.29. The van der Waals surface area contributed by atoms with Crippen molar-refractivity contribution < 1.29 is 9.53 Å². The Bertz CT molecular complexity index is 1270. The van der Waals surface area contributed by atoms with E-state index in [0.717, 1.165) is 40.1 Å². The molecular formula is C27H24ClN3O2. The number of benzene rings is 3. The summed E-state index contributed by atoms with van der Waals surface area (Å²) >= 11 is 6.24. The molecule has 6 heteroatoms. The van der Waals surface area contributed by atoms with Crippen molar-refractivity contribution in [1.29, 1.82) is 0 Å². The number of amides is 1. The number of hydrogen-bond donors (Lipinski definition) is 1. The smallest absolute Gasteiger partial charge is 0.273 e. The molecule has 2 heterocycles. The third-order valence-electron chi connectivity index (χ3n) is 5.92. The number of hydrogen-bond acceptors (Lipinski definition) is 3. The number of H-pyrrole nitrogens is 1. The molecule has 0 saturated heterocycles. The number of halogens is 1. The van der Waals surface area contributed by atoms with Crippen LogP contribution in [0.4, 0.5) is 0 Å². The van der Waals surface area contributed by atoms with E-state index in [2.05, 4.69) is 17.1 Å². The van der Waals surface area contributed by atoms with Crippen LogP contribution < -0.4 is 4.74 Å². The minimum atomic E-state index is -0.195. The van der Waals surface area contributed by atoms with Crippen LogP contribution in [-0.2, 0) is 6.61 Å². The van der Waals surface area contributed by atoms with Crippen LogP contribution >= 0.6 is 11.6 Å². The lowest BCUT2D eigenvalue weighted by molar-refractivity contribution is 0.0744. The first-order valence-corrected chi connectivity index (χ1v) is 11.5. The van der Waals surface area contributed by atoms with E-state index in [9.17, 15) is 4.79 Å². The maximum Gasteiger partial charge on any atom is 0.273 e. The number of nitrogens with one attached hydrogen (secondary N) is 1. The normalized spacial score (nSPS) is 15.0. The Labute approximate surface area is 198 Å². The number of carbonyl (C=O) groups excluding carboxylic acids is 1. The third kappa shape index (κ3) is 4.00. The zero-order chi connectivity index (χ0) is 22.8. The van der Waals surface area contributed by atoms with Gasteiger partial charge in [-0.3, -0.25) is 9.89 Å². The van der Waals surface area contributed by atoms with Gasteiger partial charge in [0.2, 0.25) is 0 Å². The predicted octanol–water partition coefficient (Wildman–Crippen LogP) is 6.26. The highest BCUT2D eigenvalue weighted by atomic mass is 35.5. The molecule has 33 heavy (non-hydrogen) atoms. The molecule has 0 radical (unpaired) electrons. The molecule has 0 bridgehead atoms. The van der Waals surface area contributed by atoms with Gasteiger partial charge >= 0.3 is 0 Å². The van der Waals surface area contributed by atoms with E-state index in [1.54, 1.807) is 0 Å². The Hall–Kier alpha value is -3.57. The Kier molecular flexibility index (Phi) is 5.88. The lowest BCUT2D eigenvalue weighted by Gasteiger charge is -2.26. The number of fused-ring (bicyclic) bond motifs is 1. The lowest BCUT2D eigenvalue weighted by Crippen LogP contribution is -2.30. The summed E-state index contributed by atoms with van der Waals surface area (Å²) < 4.78 is 5.95. The minimum Gasteiger partial charge on any atom is -0.489 e. The zero-order valence-corrected chi connectivity index (χ0v) is 19.0. The number of aromatic amines is 1. The molecule has 166 valence electrons. The number of aromatic nitrogens is 2. The average molecular weight is 458 g/mol. The van der Waals surface area contributed by atoms with Gasteiger partial charge in [0.1, 0.15) is 18.1 Å². The number of carbonyl (C=O) groups is 1. The maximum absolute atomic E-state index is 13.2. The van der Waals surface area contributed by atoms with Gasteiger partial charge in [0.05, 0.1) is 11.7 Å². The monoisotopic (exact) mass is 457 g/mol. The fraction of sp³-hybridized carbons (Fsp3) is 0.185. The predicted molar refractivity (Wildman–Crippen MR) is 129 cm³/mol. The van der Waals surface area contributed by atoms with Gasteiger partial charge in [-0.05, 0) is 30.2 Å². The van der Waals surface area contributed by atoms with Gasteiger partial charge in [-0.2, -0.15) is 5.10 Å². The maximum atomic E-state index is 13.2. The minimum absolute atomic E-state index is 0.00872. The first-order chi connectivity index (χ1) is 16.2. The van der Waals surface area contributed by atoms with E-state index in [4.69, 9.17) is 16.3 Å². The highest BCUT2D eigenvalue weighted by Crippen LogP contribution is 2.43. The van der Waals surface area contributed by atoms with Crippen LogP contribution in [0.25, 0.3) is 11.3 Å². The largest absolute Gasteiger partial charge is 0.489 e. The first kappa shape index (κ1) is 21.3. The highest BCUT2D eigenvalue weighted by Gasteiger charge is 2.41. The Morgan fingerprint density at radius 3 is 2.45 bits per heavy atom. The van der Waals surface area contributed by atoms with E-state index in [0.29, 0.717) is 23.9 Å². The summed E-state index contributed by atoms with van der Waals surface area (Å²) in [5, 5.41) is 8.20. The number of nitrogens with zero attached hydrogens (tertiary/aromatic N) is 2. The van der Waals surface area contributed by atoms with Gasteiger partial charge in [0.15, 0.2) is 0 Å². The lowest BCUT2D eigenvalue weighted by atomic mass is 9.96. The van der Waals surface area contributed by atoms with Crippen LogP contribution in [0.15, 0.2) is 78.9 Å². The molecule has 4 aromatic rings. The Balaban J connectivity index is 1.46. The SMILES string of the molecule is CCCN1C(=O)c2[nH]nc(-c3ccccc3)c2C1c1ccc(OCc2ccccc2Cl)cc1. The quantitative estimate of drug-likeness (QED) is 0.356. The van der Waals surface area contributed by atoms with Gasteiger partial charge in [-0.25, -0.2) is 0 Å². The van der Waals surface area contributed by atoms with E-state index >= 15 is 0 Å². The van der Waals surface area contributed by atoms with Crippen molar-refractivity contribution in [2.45, 2.75) is 26.0 Å². The fourth-order valence-corrected chi connectivity index (χ4v) is 4.54. The van der Waals surface area contributed by atoms with E-state index in [1.807, 2.05) is 83.8 Å². The zero-order valence-electron chi connectivity index (χ0n) is 18.3. The molecule has 1 N–H and O–H groups in total. The van der Waals surface area contributed by atoms with Crippen LogP contribution in [0.3, 0.4) is 0 Å². The van der Waals surface area contributed by atoms with Crippen LogP contribution in [0, 0.1) is 0 Å². The molecule has 5 rings (SSSR count). The second kappa shape index (κ2) is 9.12. The van der Waals surface area contributed by atoms with Gasteiger partial charge in [0.25, 0.3) is 5.91 Å². The summed E-state index contributed by atoms with van der Waals surface area (Å²) in [6.07, 6.45) is 0.875. The average Bonchev–Trinajstić information content (AvgIpc) is 3.39. The summed E-state index contributed by atoms with van der Waals surface area (Å²) in [7, 11) is 0. The van der Waals surface area contributed by atoms with Crippen molar-refractivity contribution in [2.24, 2.45) is 0 Å². The van der Waals surface area contributed by atoms with Crippen LogP contribution in [0.1, 0.15) is 46.6 Å². The molecule has 1 amide bonds. The van der Waals surface area contributed by atoms with E-state index < -0.39 is 0 Å². The second-order valence-corrected chi connectivity index (χ2v) is 8.48. The Morgan fingerprint density at radius 1 is 1.00 bits per heavy atom. The van der Waals surface area contributed by atoms with E-state index in [1.165, 1.54) is 0 Å². The molecule has 5 nitrogen and oxygen atoms in total. The second-order valence-electron chi connectivity index (χ2n) is 8.08. The molecule has 0 saturated carbocycles. The van der Waals surface area contributed by atoms with Crippen molar-refractivity contribution >= 4 is 17.5 Å². The van der Waals surface area contributed by atoms with Gasteiger partial charge in [0, 0.05) is 28.3 Å². The molecule has 0 aliphatic carbocycles. The first-order valence-electron chi connectivity index (χ1n) is 11.1. The molecule has 1 atom stereocenters. The summed E-state index contributed by atoms with van der Waals surface area (Å²) in [6, 6.07) is 25.4. The number of ether oxygens (including phenoxy) is 1. The highest BCUT2D eigenvalue weighted by molar-refractivity contribution is 6.31. The van der Waals surface area contributed by atoms with Gasteiger partial charge in [-0.15, -0.1) is 0 Å².